The lowest BCUT2D eigenvalue weighted by molar-refractivity contribution is -0.136. The van der Waals surface area contributed by atoms with Crippen LogP contribution in [0.1, 0.15) is 30.7 Å². The predicted octanol–water partition coefficient (Wildman–Crippen LogP) is 2.15. The Morgan fingerprint density at radius 2 is 2.00 bits per heavy atom. The van der Waals surface area contributed by atoms with E-state index in [2.05, 4.69) is 0 Å². The summed E-state index contributed by atoms with van der Waals surface area (Å²) in [4.78, 5) is 24.6. The lowest BCUT2D eigenvalue weighted by Crippen LogP contribution is -2.31. The second-order valence-corrected chi connectivity index (χ2v) is 5.33. The van der Waals surface area contributed by atoms with E-state index in [9.17, 15) is 9.59 Å². The maximum Gasteiger partial charge on any atom is 0.340 e. The molecule has 0 saturated heterocycles. The molecule has 0 bridgehead atoms. The van der Waals surface area contributed by atoms with Crippen LogP contribution in [0, 0.1) is 0 Å². The van der Waals surface area contributed by atoms with Crippen molar-refractivity contribution in [3.8, 4) is 0 Å². The number of ketones is 1. The second kappa shape index (κ2) is 5.67. The maximum absolute atomic E-state index is 12.4. The largest absolute Gasteiger partial charge is 0.465 e. The van der Waals surface area contributed by atoms with Crippen molar-refractivity contribution in [2.45, 2.75) is 25.2 Å². The van der Waals surface area contributed by atoms with E-state index in [4.69, 9.17) is 15.2 Å². The molecule has 1 heterocycles. The zero-order chi connectivity index (χ0) is 15.7. The van der Waals surface area contributed by atoms with Crippen molar-refractivity contribution in [2.24, 2.45) is 5.73 Å². The molecule has 5 heteroatoms. The van der Waals surface area contributed by atoms with Crippen LogP contribution in [0.25, 0.3) is 0 Å². The predicted molar refractivity (Wildman–Crippen MR) is 79.4 cm³/mol. The van der Waals surface area contributed by atoms with Crippen LogP contribution < -0.4 is 5.73 Å². The number of methoxy groups -OCH3 is 1. The topological polar surface area (TPSA) is 78.6 Å². The molecule has 114 valence electrons. The van der Waals surface area contributed by atoms with Gasteiger partial charge in [-0.05, 0) is 12.0 Å². The van der Waals surface area contributed by atoms with E-state index in [0.29, 0.717) is 24.2 Å². The molecule has 2 aliphatic rings. The highest BCUT2D eigenvalue weighted by atomic mass is 16.5. The van der Waals surface area contributed by atoms with Crippen LogP contribution in [0.4, 0.5) is 0 Å². The first-order valence-corrected chi connectivity index (χ1v) is 7.20. The Hall–Kier alpha value is -2.56. The van der Waals surface area contributed by atoms with Crippen LogP contribution in [0.15, 0.2) is 53.1 Å². The van der Waals surface area contributed by atoms with Crippen molar-refractivity contribution in [2.75, 3.05) is 7.11 Å². The van der Waals surface area contributed by atoms with Crippen LogP contribution in [-0.2, 0) is 19.1 Å². The minimum absolute atomic E-state index is 0.00371. The Labute approximate surface area is 128 Å². The van der Waals surface area contributed by atoms with Gasteiger partial charge in [-0.25, -0.2) is 4.79 Å². The Balaban J connectivity index is 2.18. The van der Waals surface area contributed by atoms with Gasteiger partial charge in [0.2, 0.25) is 5.88 Å². The fraction of sp³-hybridized carbons (Fsp3) is 0.294. The highest BCUT2D eigenvalue weighted by molar-refractivity contribution is 6.03. The van der Waals surface area contributed by atoms with Crippen LogP contribution in [-0.4, -0.2) is 18.9 Å². The highest BCUT2D eigenvalue weighted by Crippen LogP contribution is 2.43. The molecule has 1 aliphatic carbocycles. The van der Waals surface area contributed by atoms with E-state index in [1.54, 1.807) is 0 Å². The summed E-state index contributed by atoms with van der Waals surface area (Å²) in [6.07, 6.45) is 1.85. The molecular weight excluding hydrogens is 282 g/mol. The molecule has 0 spiro atoms. The van der Waals surface area contributed by atoms with Crippen molar-refractivity contribution in [1.82, 2.24) is 0 Å². The average Bonchev–Trinajstić information content (AvgIpc) is 2.54. The van der Waals surface area contributed by atoms with Gasteiger partial charge in [0.25, 0.3) is 0 Å². The molecule has 2 N–H and O–H groups in total. The lowest BCUT2D eigenvalue weighted by atomic mass is 9.77. The first kappa shape index (κ1) is 14.4. The number of nitrogens with two attached hydrogens (primary N) is 1. The fourth-order valence-corrected chi connectivity index (χ4v) is 3.04. The Morgan fingerprint density at radius 1 is 1.27 bits per heavy atom. The van der Waals surface area contributed by atoms with E-state index in [1.807, 2.05) is 30.3 Å². The number of rotatable bonds is 2. The van der Waals surface area contributed by atoms with Gasteiger partial charge in [0.05, 0.1) is 13.0 Å². The van der Waals surface area contributed by atoms with Gasteiger partial charge >= 0.3 is 5.97 Å². The number of carbonyl (C=O) groups excluding carboxylic acids is 2. The van der Waals surface area contributed by atoms with Gasteiger partial charge in [-0.2, -0.15) is 0 Å². The standard InChI is InChI=1S/C17H17NO4/c1-21-17(20)15-13(10-6-3-2-4-7-10)14-11(19)8-5-9-12(14)22-16(15)18/h2-4,6-7,13H,5,8-9,18H2,1H3/t13-/m0/s1. The molecular formula is C17H17NO4. The summed E-state index contributed by atoms with van der Waals surface area (Å²) in [7, 11) is 1.29. The zero-order valence-electron chi connectivity index (χ0n) is 12.3. The van der Waals surface area contributed by atoms with Crippen molar-refractivity contribution in [3.63, 3.8) is 0 Å². The minimum atomic E-state index is -0.573. The normalized spacial score (nSPS) is 21.3. The number of benzene rings is 1. The maximum atomic E-state index is 12.4. The Bertz CT molecular complexity index is 688. The molecule has 22 heavy (non-hydrogen) atoms. The number of esters is 1. The van der Waals surface area contributed by atoms with Gasteiger partial charge in [0.15, 0.2) is 5.78 Å². The second-order valence-electron chi connectivity index (χ2n) is 5.33. The molecule has 1 aromatic carbocycles. The molecule has 0 unspecified atom stereocenters. The lowest BCUT2D eigenvalue weighted by Gasteiger charge is -2.32. The molecule has 1 atom stereocenters. The third-order valence-electron chi connectivity index (χ3n) is 4.02. The van der Waals surface area contributed by atoms with Crippen LogP contribution in [0.3, 0.4) is 0 Å². The van der Waals surface area contributed by atoms with E-state index in [0.717, 1.165) is 12.0 Å². The number of Topliss-reactive ketones (excluding diaryl/α,β-unsaturated/α-hetero) is 1. The molecule has 0 saturated carbocycles. The molecule has 0 fully saturated rings. The van der Waals surface area contributed by atoms with Gasteiger partial charge < -0.3 is 15.2 Å². The molecule has 1 aromatic rings. The van der Waals surface area contributed by atoms with Crippen molar-refractivity contribution < 1.29 is 19.1 Å². The van der Waals surface area contributed by atoms with Crippen LogP contribution in [0.5, 0.6) is 0 Å². The van der Waals surface area contributed by atoms with E-state index >= 15 is 0 Å². The van der Waals surface area contributed by atoms with Crippen LogP contribution >= 0.6 is 0 Å². The summed E-state index contributed by atoms with van der Waals surface area (Å²) in [6, 6.07) is 9.36. The average molecular weight is 299 g/mol. The monoisotopic (exact) mass is 299 g/mol. The van der Waals surface area contributed by atoms with Gasteiger partial charge in [-0.1, -0.05) is 30.3 Å². The summed E-state index contributed by atoms with van der Waals surface area (Å²) in [5.41, 5.74) is 7.51. The third kappa shape index (κ3) is 2.28. The van der Waals surface area contributed by atoms with E-state index in [1.165, 1.54) is 7.11 Å². The SMILES string of the molecule is COC(=O)C1=C(N)OC2=C(C(=O)CCC2)[C@@H]1c1ccccc1. The van der Waals surface area contributed by atoms with Gasteiger partial charge in [0.1, 0.15) is 11.3 Å². The molecule has 5 nitrogen and oxygen atoms in total. The molecule has 0 radical (unpaired) electrons. The van der Waals surface area contributed by atoms with Gasteiger partial charge in [-0.3, -0.25) is 4.79 Å². The number of ether oxygens (including phenoxy) is 2. The fourth-order valence-electron chi connectivity index (χ4n) is 3.04. The van der Waals surface area contributed by atoms with Crippen molar-refractivity contribution >= 4 is 11.8 Å². The highest BCUT2D eigenvalue weighted by Gasteiger charge is 2.40. The number of carbonyl (C=O) groups is 2. The summed E-state index contributed by atoms with van der Waals surface area (Å²) in [5.74, 6) is -0.491. The Kier molecular flexibility index (Phi) is 3.71. The van der Waals surface area contributed by atoms with E-state index in [-0.39, 0.29) is 17.2 Å². The zero-order valence-corrected chi connectivity index (χ0v) is 12.3. The summed E-state index contributed by atoms with van der Waals surface area (Å²) in [5, 5.41) is 0. The first-order valence-electron chi connectivity index (χ1n) is 7.20. The van der Waals surface area contributed by atoms with E-state index < -0.39 is 11.9 Å². The van der Waals surface area contributed by atoms with Gasteiger partial charge in [-0.15, -0.1) is 0 Å². The number of hydrogen-bond donors (Lipinski definition) is 1. The summed E-state index contributed by atoms with van der Waals surface area (Å²) >= 11 is 0. The van der Waals surface area contributed by atoms with Crippen molar-refractivity contribution in [1.29, 1.82) is 0 Å². The number of allylic oxidation sites excluding steroid dienone is 2. The summed E-state index contributed by atoms with van der Waals surface area (Å²) in [6.45, 7) is 0. The quantitative estimate of drug-likeness (QED) is 0.847. The molecule has 0 aromatic heterocycles. The van der Waals surface area contributed by atoms with Crippen molar-refractivity contribution in [3.05, 3.63) is 58.7 Å². The first-order chi connectivity index (χ1) is 10.6. The molecule has 1 aliphatic heterocycles. The summed E-state index contributed by atoms with van der Waals surface area (Å²) < 4.78 is 10.4. The van der Waals surface area contributed by atoms with Gasteiger partial charge in [0, 0.05) is 18.4 Å². The molecule has 3 rings (SSSR count). The minimum Gasteiger partial charge on any atom is -0.465 e. The third-order valence-corrected chi connectivity index (χ3v) is 4.02. The Morgan fingerprint density at radius 3 is 2.68 bits per heavy atom. The number of hydrogen-bond acceptors (Lipinski definition) is 5. The smallest absolute Gasteiger partial charge is 0.340 e. The molecule has 0 amide bonds. The van der Waals surface area contributed by atoms with Crippen LogP contribution in [0.2, 0.25) is 0 Å².